The molecule has 0 bridgehead atoms. The van der Waals surface area contributed by atoms with Crippen molar-refractivity contribution in [1.82, 2.24) is 14.5 Å². The Morgan fingerprint density at radius 3 is 2.85 bits per heavy atom. The minimum absolute atomic E-state index is 0.190. The van der Waals surface area contributed by atoms with Crippen LogP contribution in [-0.2, 0) is 9.57 Å². The van der Waals surface area contributed by atoms with E-state index in [1.165, 1.54) is 13.4 Å². The van der Waals surface area contributed by atoms with Crippen LogP contribution < -0.4 is 5.48 Å². The fourth-order valence-corrected chi connectivity index (χ4v) is 3.46. The molecule has 8 heteroatoms. The summed E-state index contributed by atoms with van der Waals surface area (Å²) in [5, 5.41) is 12.1. The normalized spacial score (nSPS) is 21.2. The van der Waals surface area contributed by atoms with E-state index in [2.05, 4.69) is 15.4 Å². The van der Waals surface area contributed by atoms with Gasteiger partial charge >= 0.3 is 0 Å². The highest BCUT2D eigenvalue weighted by atomic mass is 35.5. The Labute approximate surface area is 155 Å². The molecular weight excluding hydrogens is 356 g/mol. The highest BCUT2D eigenvalue weighted by Gasteiger charge is 2.33. The number of nitrogens with zero attached hydrogens (tertiary/aromatic N) is 3. The summed E-state index contributed by atoms with van der Waals surface area (Å²) in [5.41, 5.74) is 4.30. The molecule has 1 aliphatic heterocycles. The van der Waals surface area contributed by atoms with Gasteiger partial charge in [-0.15, -0.1) is 0 Å². The molecule has 7 nitrogen and oxygen atoms in total. The number of aliphatic hydroxyl groups is 1. The van der Waals surface area contributed by atoms with Gasteiger partial charge in [-0.2, -0.15) is 0 Å². The lowest BCUT2D eigenvalue weighted by Crippen LogP contribution is -2.19. The summed E-state index contributed by atoms with van der Waals surface area (Å²) >= 11 is 5.92. The number of halogens is 1. The van der Waals surface area contributed by atoms with Crippen LogP contribution in [0.15, 0.2) is 42.9 Å². The lowest BCUT2D eigenvalue weighted by atomic mass is 10.0. The first-order valence-electron chi connectivity index (χ1n) is 8.37. The van der Waals surface area contributed by atoms with Crippen LogP contribution in [0.25, 0.3) is 11.0 Å². The number of hydrogen-bond acceptors (Lipinski definition) is 6. The third kappa shape index (κ3) is 3.14. The van der Waals surface area contributed by atoms with Crippen LogP contribution in [0.3, 0.4) is 0 Å². The Hall–Kier alpha value is -2.19. The third-order valence-corrected chi connectivity index (χ3v) is 4.86. The van der Waals surface area contributed by atoms with Gasteiger partial charge in [-0.25, -0.2) is 15.4 Å². The molecule has 3 atom stereocenters. The maximum absolute atomic E-state index is 10.6. The third-order valence-electron chi connectivity index (χ3n) is 4.61. The molecule has 0 radical (unpaired) electrons. The maximum atomic E-state index is 10.6. The largest absolute Gasteiger partial charge is 0.386 e. The van der Waals surface area contributed by atoms with Crippen LogP contribution in [0.4, 0.5) is 5.82 Å². The molecule has 3 heterocycles. The molecule has 1 aromatic carbocycles. The number of nitrogens with one attached hydrogen (secondary N) is 1. The summed E-state index contributed by atoms with van der Waals surface area (Å²) in [7, 11) is 1.54. The second-order valence-electron chi connectivity index (χ2n) is 6.19. The van der Waals surface area contributed by atoms with E-state index in [-0.39, 0.29) is 12.3 Å². The fourth-order valence-electron chi connectivity index (χ4n) is 3.34. The van der Waals surface area contributed by atoms with Gasteiger partial charge in [0.1, 0.15) is 24.3 Å². The Morgan fingerprint density at radius 2 is 2.08 bits per heavy atom. The Bertz CT molecular complexity index is 899. The molecule has 4 rings (SSSR count). The van der Waals surface area contributed by atoms with Crippen molar-refractivity contribution in [3.63, 3.8) is 0 Å². The van der Waals surface area contributed by atoms with E-state index >= 15 is 0 Å². The van der Waals surface area contributed by atoms with E-state index in [0.29, 0.717) is 10.8 Å². The van der Waals surface area contributed by atoms with Gasteiger partial charge in [0.2, 0.25) is 0 Å². The zero-order valence-corrected chi connectivity index (χ0v) is 14.9. The maximum Gasteiger partial charge on any atom is 0.162 e. The summed E-state index contributed by atoms with van der Waals surface area (Å²) in [6, 6.07) is 9.11. The minimum Gasteiger partial charge on any atom is -0.386 e. The molecule has 1 aliphatic rings. The first kappa shape index (κ1) is 17.2. The number of fused-ring (bicyclic) bond motifs is 1. The predicted octanol–water partition coefficient (Wildman–Crippen LogP) is 3.47. The molecule has 26 heavy (non-hydrogen) atoms. The molecular formula is C18H19ClN4O3. The summed E-state index contributed by atoms with van der Waals surface area (Å²) in [6.07, 6.45) is 3.77. The molecule has 3 aromatic rings. The Kier molecular flexibility index (Phi) is 4.78. The summed E-state index contributed by atoms with van der Waals surface area (Å²) in [6.45, 7) is 0. The monoisotopic (exact) mass is 374 g/mol. The lowest BCUT2D eigenvalue weighted by Gasteiger charge is -2.20. The molecule has 0 spiro atoms. The van der Waals surface area contributed by atoms with Gasteiger partial charge in [-0.1, -0.05) is 23.7 Å². The topological polar surface area (TPSA) is 81.4 Å². The summed E-state index contributed by atoms with van der Waals surface area (Å²) in [4.78, 5) is 13.5. The standard InChI is InChI=1S/C18H19ClN4O3/c1-25-22-17-13-8-9-23(18(13)21-10-20-17)15-7-6-14(26-15)16(24)11-2-4-12(19)5-3-11/h2-5,8-10,14-16,24H,6-7H2,1H3,(H,20,21,22). The van der Waals surface area contributed by atoms with E-state index in [0.717, 1.165) is 29.4 Å². The lowest BCUT2D eigenvalue weighted by molar-refractivity contribution is -0.0590. The van der Waals surface area contributed by atoms with Gasteiger partial charge in [0.15, 0.2) is 5.82 Å². The number of rotatable bonds is 5. The smallest absolute Gasteiger partial charge is 0.162 e. The SMILES string of the molecule is CONc1ncnc2c1ccn2C1CCC(C(O)c2ccc(Cl)cc2)O1. The van der Waals surface area contributed by atoms with Crippen LogP contribution in [0.2, 0.25) is 5.02 Å². The van der Waals surface area contributed by atoms with Crippen LogP contribution in [0.5, 0.6) is 0 Å². The Balaban J connectivity index is 1.54. The molecule has 0 amide bonds. The first-order chi connectivity index (χ1) is 12.7. The van der Waals surface area contributed by atoms with Crippen molar-refractivity contribution in [3.8, 4) is 0 Å². The van der Waals surface area contributed by atoms with Crippen LogP contribution in [-0.4, -0.2) is 32.9 Å². The van der Waals surface area contributed by atoms with Gasteiger partial charge in [0, 0.05) is 11.2 Å². The number of aliphatic hydroxyl groups excluding tert-OH is 1. The van der Waals surface area contributed by atoms with E-state index in [4.69, 9.17) is 21.2 Å². The van der Waals surface area contributed by atoms with Crippen LogP contribution >= 0.6 is 11.6 Å². The van der Waals surface area contributed by atoms with E-state index in [1.54, 1.807) is 12.1 Å². The first-order valence-corrected chi connectivity index (χ1v) is 8.74. The highest BCUT2D eigenvalue weighted by molar-refractivity contribution is 6.30. The van der Waals surface area contributed by atoms with Gasteiger partial charge in [-0.05, 0) is 36.6 Å². The zero-order valence-electron chi connectivity index (χ0n) is 14.2. The van der Waals surface area contributed by atoms with Gasteiger partial charge < -0.3 is 14.4 Å². The summed E-state index contributed by atoms with van der Waals surface area (Å²) < 4.78 is 8.09. The van der Waals surface area contributed by atoms with Crippen LogP contribution in [0.1, 0.15) is 30.7 Å². The number of aromatic nitrogens is 3. The van der Waals surface area contributed by atoms with Gasteiger partial charge in [0.05, 0.1) is 18.6 Å². The highest BCUT2D eigenvalue weighted by Crippen LogP contribution is 2.37. The molecule has 1 fully saturated rings. The van der Waals surface area contributed by atoms with Crippen molar-refractivity contribution >= 4 is 28.5 Å². The van der Waals surface area contributed by atoms with Gasteiger partial charge in [0.25, 0.3) is 0 Å². The fraction of sp³-hybridized carbons (Fsp3) is 0.333. The van der Waals surface area contributed by atoms with Gasteiger partial charge in [-0.3, -0.25) is 4.84 Å². The van der Waals surface area contributed by atoms with E-state index < -0.39 is 6.10 Å². The van der Waals surface area contributed by atoms with Crippen molar-refractivity contribution in [2.75, 3.05) is 12.6 Å². The number of benzene rings is 1. The Morgan fingerprint density at radius 1 is 1.27 bits per heavy atom. The zero-order chi connectivity index (χ0) is 18.1. The van der Waals surface area contributed by atoms with Crippen molar-refractivity contribution in [2.24, 2.45) is 0 Å². The quantitative estimate of drug-likeness (QED) is 0.665. The van der Waals surface area contributed by atoms with Crippen molar-refractivity contribution in [1.29, 1.82) is 0 Å². The van der Waals surface area contributed by atoms with E-state index in [1.807, 2.05) is 29.0 Å². The molecule has 2 aromatic heterocycles. The number of hydrogen-bond donors (Lipinski definition) is 2. The summed E-state index contributed by atoms with van der Waals surface area (Å²) in [5.74, 6) is 0.604. The van der Waals surface area contributed by atoms with Crippen molar-refractivity contribution in [2.45, 2.75) is 31.3 Å². The number of anilines is 1. The molecule has 1 saturated heterocycles. The second kappa shape index (κ2) is 7.20. The molecule has 3 unspecified atom stereocenters. The average molecular weight is 375 g/mol. The molecule has 0 aliphatic carbocycles. The number of ether oxygens (including phenoxy) is 1. The second-order valence-corrected chi connectivity index (χ2v) is 6.63. The average Bonchev–Trinajstić information content (AvgIpc) is 3.29. The molecule has 136 valence electrons. The molecule has 2 N–H and O–H groups in total. The van der Waals surface area contributed by atoms with Crippen molar-refractivity contribution in [3.05, 3.63) is 53.4 Å². The van der Waals surface area contributed by atoms with E-state index in [9.17, 15) is 5.11 Å². The van der Waals surface area contributed by atoms with Crippen LogP contribution in [0, 0.1) is 0 Å². The molecule has 0 saturated carbocycles. The van der Waals surface area contributed by atoms with Crippen molar-refractivity contribution < 1.29 is 14.7 Å². The predicted molar refractivity (Wildman–Crippen MR) is 97.7 cm³/mol. The minimum atomic E-state index is -0.695.